The summed E-state index contributed by atoms with van der Waals surface area (Å²) in [5, 5.41) is 11.4. The highest BCUT2D eigenvalue weighted by atomic mass is 32.2. The number of benzene rings is 1. The number of urea groups is 1. The zero-order chi connectivity index (χ0) is 17.5. The molecule has 1 rings (SSSR count). The van der Waals surface area contributed by atoms with Crippen molar-refractivity contribution in [3.63, 3.8) is 0 Å². The molecule has 7 nitrogen and oxygen atoms in total. The number of carbonyl (C=O) groups excluding carboxylic acids is 1. The van der Waals surface area contributed by atoms with Crippen LogP contribution < -0.4 is 5.32 Å². The van der Waals surface area contributed by atoms with Gasteiger partial charge in [0.1, 0.15) is 0 Å². The molecule has 0 aliphatic carbocycles. The van der Waals surface area contributed by atoms with E-state index < -0.39 is 27.8 Å². The van der Waals surface area contributed by atoms with Gasteiger partial charge in [-0.15, -0.1) is 0 Å². The molecule has 0 aliphatic rings. The Balaban J connectivity index is 2.37. The predicted molar refractivity (Wildman–Crippen MR) is 85.9 cm³/mol. The number of sulfone groups is 1. The number of hydrogen-bond acceptors (Lipinski definition) is 4. The highest BCUT2D eigenvalue weighted by Crippen LogP contribution is 2.10. The van der Waals surface area contributed by atoms with Crippen LogP contribution in [0.3, 0.4) is 0 Å². The van der Waals surface area contributed by atoms with Gasteiger partial charge in [0, 0.05) is 20.1 Å². The summed E-state index contributed by atoms with van der Waals surface area (Å²) in [6.07, 6.45) is 0.283. The Morgan fingerprint density at radius 1 is 1.26 bits per heavy atom. The van der Waals surface area contributed by atoms with Gasteiger partial charge < -0.3 is 15.3 Å². The number of carboxylic acids is 1. The molecular formula is C15H22N2O5S. The van der Waals surface area contributed by atoms with E-state index in [4.69, 9.17) is 5.11 Å². The van der Waals surface area contributed by atoms with Crippen molar-refractivity contribution < 1.29 is 23.1 Å². The second kappa shape index (κ2) is 8.52. The lowest BCUT2D eigenvalue weighted by atomic mass is 10.2. The van der Waals surface area contributed by atoms with Crippen LogP contribution in [0.15, 0.2) is 35.2 Å². The highest BCUT2D eigenvalue weighted by Gasteiger charge is 2.17. The number of nitrogens with zero attached hydrogens (tertiary/aromatic N) is 1. The van der Waals surface area contributed by atoms with Gasteiger partial charge in [-0.1, -0.05) is 25.1 Å². The van der Waals surface area contributed by atoms with Crippen molar-refractivity contribution in [1.29, 1.82) is 0 Å². The van der Waals surface area contributed by atoms with Crippen molar-refractivity contribution in [2.75, 3.05) is 25.9 Å². The van der Waals surface area contributed by atoms with Gasteiger partial charge in [-0.3, -0.25) is 4.79 Å². The van der Waals surface area contributed by atoms with Gasteiger partial charge in [0.15, 0.2) is 9.84 Å². The van der Waals surface area contributed by atoms with Crippen LogP contribution >= 0.6 is 0 Å². The summed E-state index contributed by atoms with van der Waals surface area (Å²) in [5.41, 5.74) is 0. The third-order valence-corrected chi connectivity index (χ3v) is 5.10. The van der Waals surface area contributed by atoms with Gasteiger partial charge in [-0.05, 0) is 18.6 Å². The van der Waals surface area contributed by atoms with Gasteiger partial charge in [0.2, 0.25) is 0 Å². The zero-order valence-corrected chi connectivity index (χ0v) is 14.0. The minimum atomic E-state index is -3.35. The molecule has 0 aliphatic heterocycles. The number of nitrogens with one attached hydrogen (secondary N) is 1. The molecule has 23 heavy (non-hydrogen) atoms. The Morgan fingerprint density at radius 2 is 1.87 bits per heavy atom. The molecule has 128 valence electrons. The molecule has 1 aromatic rings. The molecule has 0 saturated heterocycles. The van der Waals surface area contributed by atoms with Gasteiger partial charge in [0.05, 0.1) is 16.6 Å². The monoisotopic (exact) mass is 342 g/mol. The molecule has 0 fully saturated rings. The Morgan fingerprint density at radius 3 is 2.43 bits per heavy atom. The predicted octanol–water partition coefficient (Wildman–Crippen LogP) is 1.21. The summed E-state index contributed by atoms with van der Waals surface area (Å²) < 4.78 is 24.1. The third-order valence-electron chi connectivity index (χ3n) is 3.28. The van der Waals surface area contributed by atoms with E-state index in [-0.39, 0.29) is 30.2 Å². The lowest BCUT2D eigenvalue weighted by molar-refractivity contribution is -0.141. The molecular weight excluding hydrogens is 320 g/mol. The maximum atomic E-state index is 12.0. The minimum Gasteiger partial charge on any atom is -0.481 e. The van der Waals surface area contributed by atoms with Crippen molar-refractivity contribution in [2.24, 2.45) is 5.92 Å². The summed E-state index contributed by atoms with van der Waals surface area (Å²) in [6, 6.07) is 7.72. The topological polar surface area (TPSA) is 104 Å². The number of carbonyl (C=O) groups is 2. The fourth-order valence-electron chi connectivity index (χ4n) is 1.91. The van der Waals surface area contributed by atoms with Crippen LogP contribution in [0.1, 0.15) is 13.3 Å². The summed E-state index contributed by atoms with van der Waals surface area (Å²) in [4.78, 5) is 24.0. The number of hydrogen-bond donors (Lipinski definition) is 2. The van der Waals surface area contributed by atoms with Gasteiger partial charge in [0.25, 0.3) is 0 Å². The molecule has 0 aromatic heterocycles. The molecule has 0 bridgehead atoms. The summed E-state index contributed by atoms with van der Waals surface area (Å²) in [6.45, 7) is 1.80. The normalized spacial score (nSPS) is 12.4. The molecule has 1 unspecified atom stereocenters. The maximum Gasteiger partial charge on any atom is 0.317 e. The van der Waals surface area contributed by atoms with E-state index in [1.807, 2.05) is 0 Å². The van der Waals surface area contributed by atoms with Gasteiger partial charge in [-0.2, -0.15) is 0 Å². The first kappa shape index (κ1) is 19.0. The first-order valence-electron chi connectivity index (χ1n) is 7.23. The molecule has 0 saturated carbocycles. The van der Waals surface area contributed by atoms with Crippen LogP contribution in [0.25, 0.3) is 0 Å². The van der Waals surface area contributed by atoms with E-state index in [1.54, 1.807) is 18.2 Å². The van der Waals surface area contributed by atoms with E-state index in [9.17, 15) is 18.0 Å². The molecule has 2 amide bonds. The average Bonchev–Trinajstić information content (AvgIpc) is 2.52. The number of rotatable bonds is 8. The van der Waals surface area contributed by atoms with Crippen molar-refractivity contribution >= 4 is 21.8 Å². The first-order chi connectivity index (χ1) is 10.7. The Kier molecular flexibility index (Phi) is 7.02. The van der Waals surface area contributed by atoms with Crippen molar-refractivity contribution in [3.8, 4) is 0 Å². The number of amides is 2. The summed E-state index contributed by atoms with van der Waals surface area (Å²) in [5.74, 6) is -1.70. The SMILES string of the molecule is CC(CN(C)C(=O)NCCCS(=O)(=O)c1ccccc1)C(=O)O. The van der Waals surface area contributed by atoms with Gasteiger partial charge in [-0.25, -0.2) is 13.2 Å². The lowest BCUT2D eigenvalue weighted by Gasteiger charge is -2.19. The lowest BCUT2D eigenvalue weighted by Crippen LogP contribution is -2.41. The van der Waals surface area contributed by atoms with Crippen LogP contribution in [-0.4, -0.2) is 56.3 Å². The minimum absolute atomic E-state index is 0.0630. The fourth-order valence-corrected chi connectivity index (χ4v) is 3.24. The van der Waals surface area contributed by atoms with Crippen LogP contribution in [0.2, 0.25) is 0 Å². The highest BCUT2D eigenvalue weighted by molar-refractivity contribution is 7.91. The summed E-state index contributed by atoms with van der Waals surface area (Å²) >= 11 is 0. The quantitative estimate of drug-likeness (QED) is 0.691. The van der Waals surface area contributed by atoms with Crippen LogP contribution in [0, 0.1) is 5.92 Å². The van der Waals surface area contributed by atoms with Crippen molar-refractivity contribution in [1.82, 2.24) is 10.2 Å². The van der Waals surface area contributed by atoms with Crippen LogP contribution in [-0.2, 0) is 14.6 Å². The zero-order valence-electron chi connectivity index (χ0n) is 13.2. The molecule has 2 N–H and O–H groups in total. The Hall–Kier alpha value is -2.09. The smallest absolute Gasteiger partial charge is 0.317 e. The van der Waals surface area contributed by atoms with Gasteiger partial charge >= 0.3 is 12.0 Å². The average molecular weight is 342 g/mol. The Labute approximate surface area is 136 Å². The molecule has 0 spiro atoms. The fraction of sp³-hybridized carbons (Fsp3) is 0.467. The summed E-state index contributed by atoms with van der Waals surface area (Å²) in [7, 11) is -1.86. The maximum absolute atomic E-state index is 12.0. The standard InChI is InChI=1S/C15H22N2O5S/c1-12(14(18)19)11-17(2)15(20)16-9-6-10-23(21,22)13-7-4-3-5-8-13/h3-5,7-8,12H,6,9-11H2,1-2H3,(H,16,20)(H,18,19). The van der Waals surface area contributed by atoms with E-state index in [1.165, 1.54) is 31.0 Å². The van der Waals surface area contributed by atoms with Crippen LogP contribution in [0.5, 0.6) is 0 Å². The largest absolute Gasteiger partial charge is 0.481 e. The molecule has 1 aromatic carbocycles. The molecule has 0 radical (unpaired) electrons. The van der Waals surface area contributed by atoms with E-state index in [0.717, 1.165) is 0 Å². The van der Waals surface area contributed by atoms with Crippen LogP contribution in [0.4, 0.5) is 4.79 Å². The molecule has 8 heteroatoms. The third kappa shape index (κ3) is 6.27. The van der Waals surface area contributed by atoms with E-state index in [2.05, 4.69) is 5.32 Å². The van der Waals surface area contributed by atoms with E-state index in [0.29, 0.717) is 0 Å². The number of carboxylic acid groups (broad SMARTS) is 1. The second-order valence-corrected chi connectivity index (χ2v) is 7.45. The van der Waals surface area contributed by atoms with E-state index >= 15 is 0 Å². The molecule has 1 atom stereocenters. The van der Waals surface area contributed by atoms with Crippen molar-refractivity contribution in [2.45, 2.75) is 18.2 Å². The Bertz CT molecular complexity index is 631. The second-order valence-electron chi connectivity index (χ2n) is 5.34. The first-order valence-corrected chi connectivity index (χ1v) is 8.89. The van der Waals surface area contributed by atoms with Crippen molar-refractivity contribution in [3.05, 3.63) is 30.3 Å². The molecule has 0 heterocycles. The number of aliphatic carboxylic acids is 1.